The summed E-state index contributed by atoms with van der Waals surface area (Å²) < 4.78 is 20.3. The zero-order chi connectivity index (χ0) is 20.1. The lowest BCUT2D eigenvalue weighted by Crippen LogP contribution is -2.15. The number of hydrogen-bond acceptors (Lipinski definition) is 7. The minimum absolute atomic E-state index is 0.115. The van der Waals surface area contributed by atoms with Gasteiger partial charge in [-0.2, -0.15) is 0 Å². The van der Waals surface area contributed by atoms with Crippen molar-refractivity contribution in [2.24, 2.45) is 0 Å². The van der Waals surface area contributed by atoms with Crippen LogP contribution in [0.1, 0.15) is 42.8 Å². The summed E-state index contributed by atoms with van der Waals surface area (Å²) >= 11 is 0. The van der Waals surface area contributed by atoms with E-state index in [-0.39, 0.29) is 29.2 Å². The second-order valence-electron chi connectivity index (χ2n) is 5.73. The molecule has 0 atom stereocenters. The Bertz CT molecular complexity index is 1000. The number of benzene rings is 1. The number of carbonyl (C=O) groups is 3. The van der Waals surface area contributed by atoms with Crippen LogP contribution >= 0.6 is 0 Å². The molecule has 0 spiro atoms. The fourth-order valence-electron chi connectivity index (χ4n) is 2.50. The molecule has 0 unspecified atom stereocenters. The summed E-state index contributed by atoms with van der Waals surface area (Å²) in [5.74, 6) is -0.916. The Morgan fingerprint density at radius 2 is 1.82 bits per heavy atom. The van der Waals surface area contributed by atoms with Crippen LogP contribution in [0.25, 0.3) is 0 Å². The van der Waals surface area contributed by atoms with Gasteiger partial charge < -0.3 is 23.6 Å². The molecule has 2 heterocycles. The van der Waals surface area contributed by atoms with Gasteiger partial charge in [0.15, 0.2) is 5.76 Å². The molecule has 0 aliphatic rings. The molecular formula is C20H17NO7. The lowest BCUT2D eigenvalue weighted by Gasteiger charge is -2.09. The average molecular weight is 383 g/mol. The number of furan rings is 2. The van der Waals surface area contributed by atoms with Crippen molar-refractivity contribution in [3.63, 3.8) is 0 Å². The molecule has 3 aromatic rings. The molecule has 0 aliphatic carbocycles. The van der Waals surface area contributed by atoms with Crippen LogP contribution in [-0.4, -0.2) is 25.0 Å². The molecule has 1 aromatic carbocycles. The normalized spacial score (nSPS) is 10.4. The highest BCUT2D eigenvalue weighted by Gasteiger charge is 2.19. The van der Waals surface area contributed by atoms with E-state index in [1.54, 1.807) is 31.2 Å². The molecule has 8 nitrogen and oxygen atoms in total. The first-order valence-corrected chi connectivity index (χ1v) is 8.28. The molecular weight excluding hydrogens is 366 g/mol. The third-order valence-electron chi connectivity index (χ3n) is 3.86. The summed E-state index contributed by atoms with van der Waals surface area (Å²) in [6.07, 6.45) is 1.38. The van der Waals surface area contributed by atoms with Gasteiger partial charge in [-0.05, 0) is 37.3 Å². The van der Waals surface area contributed by atoms with Gasteiger partial charge in [0, 0.05) is 0 Å². The number of nitrogens with one attached hydrogen (secondary N) is 1. The van der Waals surface area contributed by atoms with Gasteiger partial charge in [0.1, 0.15) is 23.7 Å². The summed E-state index contributed by atoms with van der Waals surface area (Å²) in [5.41, 5.74) is 0.707. The Labute approximate surface area is 160 Å². The SMILES string of the molecule is COC(=O)c1cc(COC(=O)c2ccccc2NC(=O)c2ccco2)oc1C. The van der Waals surface area contributed by atoms with Crippen molar-refractivity contribution in [1.82, 2.24) is 0 Å². The Hall–Kier alpha value is -3.81. The van der Waals surface area contributed by atoms with Crippen molar-refractivity contribution in [3.05, 3.63) is 77.1 Å². The summed E-state index contributed by atoms with van der Waals surface area (Å²) in [6.45, 7) is 1.42. The van der Waals surface area contributed by atoms with Crippen molar-refractivity contribution in [3.8, 4) is 0 Å². The van der Waals surface area contributed by atoms with Crippen LogP contribution < -0.4 is 5.32 Å². The quantitative estimate of drug-likeness (QED) is 0.648. The smallest absolute Gasteiger partial charge is 0.341 e. The topological polar surface area (TPSA) is 108 Å². The van der Waals surface area contributed by atoms with Crippen LogP contribution in [-0.2, 0) is 16.1 Å². The number of aryl methyl sites for hydroxylation is 1. The molecule has 3 rings (SSSR count). The maximum Gasteiger partial charge on any atom is 0.341 e. The van der Waals surface area contributed by atoms with Gasteiger partial charge in [-0.25, -0.2) is 9.59 Å². The Morgan fingerprint density at radius 1 is 1.04 bits per heavy atom. The summed E-state index contributed by atoms with van der Waals surface area (Å²) in [7, 11) is 1.27. The number of anilines is 1. The van der Waals surface area contributed by atoms with E-state index in [1.165, 1.54) is 31.6 Å². The van der Waals surface area contributed by atoms with Gasteiger partial charge in [0.05, 0.1) is 24.6 Å². The third-order valence-corrected chi connectivity index (χ3v) is 3.86. The highest BCUT2D eigenvalue weighted by atomic mass is 16.5. The van der Waals surface area contributed by atoms with Crippen molar-refractivity contribution in [1.29, 1.82) is 0 Å². The highest BCUT2D eigenvalue weighted by molar-refractivity contribution is 6.06. The second kappa shape index (κ2) is 8.26. The van der Waals surface area contributed by atoms with E-state index in [1.807, 2.05) is 0 Å². The summed E-state index contributed by atoms with van der Waals surface area (Å²) in [6, 6.07) is 11.0. The number of rotatable bonds is 6. The van der Waals surface area contributed by atoms with Crippen LogP contribution in [0, 0.1) is 6.92 Å². The van der Waals surface area contributed by atoms with Gasteiger partial charge in [-0.1, -0.05) is 12.1 Å². The molecule has 0 saturated carbocycles. The predicted octanol–water partition coefficient (Wildman–Crippen LogP) is 3.58. The first kappa shape index (κ1) is 19.0. The Kier molecular flexibility index (Phi) is 5.59. The standard InChI is InChI=1S/C20H17NO7/c1-12-15(19(23)25-2)10-13(28-12)11-27-20(24)14-6-3-4-7-16(14)21-18(22)17-8-5-9-26-17/h3-10H,11H2,1-2H3,(H,21,22). The van der Waals surface area contributed by atoms with E-state index < -0.39 is 17.8 Å². The van der Waals surface area contributed by atoms with E-state index in [2.05, 4.69) is 10.1 Å². The summed E-state index contributed by atoms with van der Waals surface area (Å²) in [5, 5.41) is 2.61. The van der Waals surface area contributed by atoms with Crippen LogP contribution in [0.15, 0.2) is 57.6 Å². The molecule has 1 N–H and O–H groups in total. The fourth-order valence-corrected chi connectivity index (χ4v) is 2.50. The monoisotopic (exact) mass is 383 g/mol. The maximum absolute atomic E-state index is 12.5. The Balaban J connectivity index is 1.70. The predicted molar refractivity (Wildman–Crippen MR) is 97.0 cm³/mol. The van der Waals surface area contributed by atoms with E-state index in [0.29, 0.717) is 11.5 Å². The van der Waals surface area contributed by atoms with Crippen molar-refractivity contribution < 1.29 is 32.7 Å². The van der Waals surface area contributed by atoms with E-state index >= 15 is 0 Å². The van der Waals surface area contributed by atoms with Crippen molar-refractivity contribution in [2.45, 2.75) is 13.5 Å². The molecule has 0 aliphatic heterocycles. The fraction of sp³-hybridized carbons (Fsp3) is 0.150. The molecule has 8 heteroatoms. The number of carbonyl (C=O) groups excluding carboxylic acids is 3. The van der Waals surface area contributed by atoms with Gasteiger partial charge in [-0.15, -0.1) is 0 Å². The number of methoxy groups -OCH3 is 1. The molecule has 28 heavy (non-hydrogen) atoms. The number of amides is 1. The second-order valence-corrected chi connectivity index (χ2v) is 5.73. The highest BCUT2D eigenvalue weighted by Crippen LogP contribution is 2.20. The van der Waals surface area contributed by atoms with Crippen molar-refractivity contribution in [2.75, 3.05) is 12.4 Å². The van der Waals surface area contributed by atoms with Crippen LogP contribution in [0.3, 0.4) is 0 Å². The van der Waals surface area contributed by atoms with Crippen LogP contribution in [0.4, 0.5) is 5.69 Å². The lowest BCUT2D eigenvalue weighted by atomic mass is 10.1. The van der Waals surface area contributed by atoms with Gasteiger partial charge >= 0.3 is 11.9 Å². The number of ether oxygens (including phenoxy) is 2. The van der Waals surface area contributed by atoms with Gasteiger partial charge in [0.2, 0.25) is 0 Å². The summed E-state index contributed by atoms with van der Waals surface area (Å²) in [4.78, 5) is 36.2. The average Bonchev–Trinajstić information content (AvgIpc) is 3.36. The Morgan fingerprint density at radius 3 is 2.54 bits per heavy atom. The van der Waals surface area contributed by atoms with E-state index in [4.69, 9.17) is 13.6 Å². The first-order valence-electron chi connectivity index (χ1n) is 8.28. The molecule has 0 bridgehead atoms. The molecule has 144 valence electrons. The van der Waals surface area contributed by atoms with Gasteiger partial charge in [0.25, 0.3) is 5.91 Å². The minimum Gasteiger partial charge on any atom is -0.465 e. The van der Waals surface area contributed by atoms with Crippen molar-refractivity contribution >= 4 is 23.5 Å². The maximum atomic E-state index is 12.5. The zero-order valence-corrected chi connectivity index (χ0v) is 15.2. The van der Waals surface area contributed by atoms with Gasteiger partial charge in [-0.3, -0.25) is 4.79 Å². The first-order chi connectivity index (χ1) is 13.5. The largest absolute Gasteiger partial charge is 0.465 e. The number of hydrogen-bond donors (Lipinski definition) is 1. The molecule has 0 saturated heterocycles. The molecule has 0 radical (unpaired) electrons. The van der Waals surface area contributed by atoms with Crippen LogP contribution in [0.5, 0.6) is 0 Å². The lowest BCUT2D eigenvalue weighted by molar-refractivity contribution is 0.0445. The van der Waals surface area contributed by atoms with E-state index in [0.717, 1.165) is 0 Å². The van der Waals surface area contributed by atoms with Crippen LogP contribution in [0.2, 0.25) is 0 Å². The van der Waals surface area contributed by atoms with E-state index in [9.17, 15) is 14.4 Å². The number of para-hydroxylation sites is 1. The molecule has 0 fully saturated rings. The third kappa shape index (κ3) is 4.12. The minimum atomic E-state index is -0.663. The molecule has 1 amide bonds. The molecule has 2 aromatic heterocycles. The number of esters is 2. The zero-order valence-electron chi connectivity index (χ0n) is 15.2.